The number of piperazine rings is 1. The lowest BCUT2D eigenvalue weighted by Crippen LogP contribution is -2.54. The summed E-state index contributed by atoms with van der Waals surface area (Å²) in [7, 11) is 1.49. The minimum Gasteiger partial charge on any atom is -0.494 e. The van der Waals surface area contributed by atoms with Gasteiger partial charge in [-0.05, 0) is 80.5 Å². The van der Waals surface area contributed by atoms with E-state index in [0.29, 0.717) is 85.6 Å². The van der Waals surface area contributed by atoms with E-state index in [9.17, 15) is 33.2 Å². The average molecular weight is 864 g/mol. The Morgan fingerprint density at radius 1 is 0.968 bits per heavy atom. The zero-order chi connectivity index (χ0) is 43.3. The molecular weight excluding hydrogens is 818 g/mol. The van der Waals surface area contributed by atoms with Gasteiger partial charge in [-0.3, -0.25) is 39.0 Å². The Balaban J connectivity index is 0.777. The Labute approximate surface area is 360 Å². The Morgan fingerprint density at radius 3 is 2.58 bits per heavy atom. The van der Waals surface area contributed by atoms with E-state index in [0.717, 1.165) is 41.7 Å². The first-order valence-corrected chi connectivity index (χ1v) is 21.6. The molecule has 1 atom stereocenters. The fraction of sp³-hybridized carbons (Fsp3) is 0.364. The summed E-state index contributed by atoms with van der Waals surface area (Å²) < 4.78 is 20.5. The van der Waals surface area contributed by atoms with E-state index in [1.807, 2.05) is 17.0 Å². The molecule has 8 rings (SSSR count). The van der Waals surface area contributed by atoms with Gasteiger partial charge in [-0.25, -0.2) is 9.37 Å². The number of amides is 6. The van der Waals surface area contributed by atoms with Crippen molar-refractivity contribution in [2.45, 2.75) is 63.8 Å². The lowest BCUT2D eigenvalue weighted by atomic mass is 10.0. The molecule has 0 radical (unpaired) electrons. The van der Waals surface area contributed by atoms with Crippen LogP contribution in [0.25, 0.3) is 5.57 Å². The van der Waals surface area contributed by atoms with Crippen LogP contribution in [-0.2, 0) is 14.4 Å². The molecule has 3 aliphatic heterocycles. The quantitative estimate of drug-likeness (QED) is 0.0809. The minimum atomic E-state index is -1.03. The molecule has 0 bridgehead atoms. The molecule has 4 N–H and O–H groups in total. The van der Waals surface area contributed by atoms with E-state index in [4.69, 9.17) is 4.74 Å². The van der Waals surface area contributed by atoms with Gasteiger partial charge in [-0.2, -0.15) is 4.98 Å². The Bertz CT molecular complexity index is 2470. The summed E-state index contributed by atoms with van der Waals surface area (Å²) in [6.45, 7) is 2.36. The molecule has 6 amide bonds. The summed E-state index contributed by atoms with van der Waals surface area (Å²) >= 11 is 1.46. The number of carbonyl (C=O) groups is 6. The van der Waals surface area contributed by atoms with Crippen LogP contribution in [0.1, 0.15) is 93.1 Å². The third kappa shape index (κ3) is 9.00. The van der Waals surface area contributed by atoms with Gasteiger partial charge in [-0.1, -0.05) is 18.6 Å². The maximum atomic E-state index is 15.0. The maximum absolute atomic E-state index is 15.0. The third-order valence-electron chi connectivity index (χ3n) is 11.4. The summed E-state index contributed by atoms with van der Waals surface area (Å²) in [5.41, 5.74) is 3.17. The number of nitrogens with zero attached hydrogens (tertiary/aromatic N) is 5. The van der Waals surface area contributed by atoms with Crippen LogP contribution in [0.4, 0.5) is 33.2 Å². The number of allylic oxidation sites excluding steroid dienone is 2. The van der Waals surface area contributed by atoms with Crippen molar-refractivity contribution in [2.24, 2.45) is 0 Å². The highest BCUT2D eigenvalue weighted by Crippen LogP contribution is 2.35. The van der Waals surface area contributed by atoms with Gasteiger partial charge in [0.2, 0.25) is 23.7 Å². The van der Waals surface area contributed by atoms with Crippen molar-refractivity contribution in [3.8, 4) is 5.75 Å². The van der Waals surface area contributed by atoms with E-state index >= 15 is 0 Å². The predicted molar refractivity (Wildman–Crippen MR) is 231 cm³/mol. The number of anilines is 5. The van der Waals surface area contributed by atoms with E-state index in [-0.39, 0.29) is 41.6 Å². The molecule has 2 saturated heterocycles. The molecule has 2 fully saturated rings. The van der Waals surface area contributed by atoms with Gasteiger partial charge in [0.15, 0.2) is 11.6 Å². The smallest absolute Gasteiger partial charge is 0.265 e. The van der Waals surface area contributed by atoms with Gasteiger partial charge < -0.3 is 30.5 Å². The van der Waals surface area contributed by atoms with E-state index in [1.165, 1.54) is 24.0 Å². The number of hydrogen-bond donors (Lipinski definition) is 4. The van der Waals surface area contributed by atoms with Gasteiger partial charge in [0.05, 0.1) is 35.0 Å². The number of piperidine rings is 1. The highest BCUT2D eigenvalue weighted by Gasteiger charge is 2.45. The van der Waals surface area contributed by atoms with Crippen molar-refractivity contribution < 1.29 is 37.9 Å². The SMILES string of the molecule is COc1cc(Nc2nc(N3CCN(C(=O)CCCCCNc4cccc5c4C(=O)N(C4CCC(=O)NC4=O)C5=O)CC3)ncc2F)ccc1NC(=O)c1ccc(C2=CCCC2)s1. The summed E-state index contributed by atoms with van der Waals surface area (Å²) in [4.78, 5) is 91.7. The van der Waals surface area contributed by atoms with Crippen LogP contribution in [0.2, 0.25) is 0 Å². The molecule has 4 aromatic rings. The Hall–Kier alpha value is -6.69. The first kappa shape index (κ1) is 42.0. The second kappa shape index (κ2) is 18.5. The van der Waals surface area contributed by atoms with Crippen LogP contribution in [-0.4, -0.2) is 101 Å². The van der Waals surface area contributed by atoms with Crippen molar-refractivity contribution in [1.82, 2.24) is 25.1 Å². The molecule has 0 saturated carbocycles. The molecule has 62 heavy (non-hydrogen) atoms. The summed E-state index contributed by atoms with van der Waals surface area (Å²) in [6, 6.07) is 12.8. The molecule has 16 nitrogen and oxygen atoms in total. The molecule has 1 aliphatic carbocycles. The van der Waals surface area contributed by atoms with Crippen LogP contribution < -0.4 is 30.9 Å². The number of carbonyl (C=O) groups excluding carboxylic acids is 6. The third-order valence-corrected chi connectivity index (χ3v) is 12.6. The van der Waals surface area contributed by atoms with Gasteiger partial charge in [0.1, 0.15) is 11.8 Å². The number of rotatable bonds is 15. The molecule has 4 aliphatic rings. The van der Waals surface area contributed by atoms with Crippen molar-refractivity contribution in [3.63, 3.8) is 0 Å². The number of benzene rings is 2. The van der Waals surface area contributed by atoms with Gasteiger partial charge in [-0.15, -0.1) is 11.3 Å². The van der Waals surface area contributed by atoms with Gasteiger partial charge in [0.25, 0.3) is 17.7 Å². The number of unbranched alkanes of at least 4 members (excludes halogenated alkanes) is 2. The van der Waals surface area contributed by atoms with Gasteiger partial charge >= 0.3 is 0 Å². The van der Waals surface area contributed by atoms with Crippen LogP contribution in [0, 0.1) is 5.82 Å². The van der Waals surface area contributed by atoms with Crippen molar-refractivity contribution in [1.29, 1.82) is 0 Å². The van der Waals surface area contributed by atoms with Crippen molar-refractivity contribution >= 4 is 81.2 Å². The highest BCUT2D eigenvalue weighted by atomic mass is 32.1. The fourth-order valence-corrected chi connectivity index (χ4v) is 9.06. The van der Waals surface area contributed by atoms with Crippen LogP contribution in [0.15, 0.2) is 60.8 Å². The maximum Gasteiger partial charge on any atom is 0.265 e. The Kier molecular flexibility index (Phi) is 12.5. The van der Waals surface area contributed by atoms with Crippen molar-refractivity contribution in [2.75, 3.05) is 60.7 Å². The van der Waals surface area contributed by atoms with E-state index in [2.05, 4.69) is 37.3 Å². The number of aromatic nitrogens is 2. The summed E-state index contributed by atoms with van der Waals surface area (Å²) in [6.07, 6.45) is 9.19. The molecule has 5 heterocycles. The zero-order valence-electron chi connectivity index (χ0n) is 34.1. The number of thiophene rings is 1. The molecular formula is C44H46FN9O7S. The lowest BCUT2D eigenvalue weighted by Gasteiger charge is -2.35. The number of hydrogen-bond acceptors (Lipinski definition) is 13. The summed E-state index contributed by atoms with van der Waals surface area (Å²) in [5, 5.41) is 11.4. The van der Waals surface area contributed by atoms with Crippen LogP contribution >= 0.6 is 11.3 Å². The summed E-state index contributed by atoms with van der Waals surface area (Å²) in [5.74, 6) is -2.37. The molecule has 322 valence electrons. The second-order valence-corrected chi connectivity index (χ2v) is 16.5. The molecule has 0 spiro atoms. The molecule has 18 heteroatoms. The van der Waals surface area contributed by atoms with Crippen LogP contribution in [0.3, 0.4) is 0 Å². The zero-order valence-corrected chi connectivity index (χ0v) is 34.9. The predicted octanol–water partition coefficient (Wildman–Crippen LogP) is 5.97. The Morgan fingerprint density at radius 2 is 1.81 bits per heavy atom. The first-order valence-electron chi connectivity index (χ1n) is 20.8. The number of imide groups is 2. The number of halogens is 1. The molecule has 2 aromatic carbocycles. The number of nitrogens with one attached hydrogen (secondary N) is 4. The largest absolute Gasteiger partial charge is 0.494 e. The topological polar surface area (TPSA) is 195 Å². The normalized spacial score (nSPS) is 17.5. The van der Waals surface area contributed by atoms with Crippen molar-refractivity contribution in [3.05, 3.63) is 87.5 Å². The van der Waals surface area contributed by atoms with Crippen LogP contribution in [0.5, 0.6) is 5.75 Å². The number of fused-ring (bicyclic) bond motifs is 1. The molecule has 1 unspecified atom stereocenters. The minimum absolute atomic E-state index is 0.0277. The highest BCUT2D eigenvalue weighted by molar-refractivity contribution is 7.15. The molecule has 2 aromatic heterocycles. The van der Waals surface area contributed by atoms with Gasteiger partial charge in [0, 0.05) is 67.9 Å². The first-order chi connectivity index (χ1) is 30.1. The van der Waals surface area contributed by atoms with E-state index < -0.39 is 35.5 Å². The average Bonchev–Trinajstić information content (AvgIpc) is 4.05. The second-order valence-electron chi connectivity index (χ2n) is 15.4. The fourth-order valence-electron chi connectivity index (χ4n) is 8.10. The monoisotopic (exact) mass is 863 g/mol. The van der Waals surface area contributed by atoms with E-state index in [1.54, 1.807) is 41.3 Å². The number of methoxy groups -OCH3 is 1. The number of ether oxygens (including phenoxy) is 1. The standard InChI is InChI=1S/C44H46FN9O7S/c1-61-33-24-27(13-14-30(33)49-41(58)35-17-16-34(62-35)26-8-4-5-9-26)48-39-29(45)25-47-44(51-39)53-22-20-52(21-23-53)37(56)12-3-2-6-19-46-31-11-7-10-28-38(31)43(60)54(42(28)59)32-15-18-36(55)50-40(32)57/h7-8,10-11,13-14,16-17,24-25,32,46H,2-6,9,12,15,18-23H2,1H3,(H,49,58)(H,47,48,51)(H,50,55,57). The lowest BCUT2D eigenvalue weighted by molar-refractivity contribution is -0.136.